The standard InChI is InChI=1S/C24H26O8/c1-6-29-21(26)16-13-17(22(27)30-7-2)19(20(25)15-11-9-8-10-12-15)18(14-16)31-23(28)32-24(3,4)5/h8-14H,6-7H2,1-5H3. The lowest BCUT2D eigenvalue weighted by atomic mass is 9.95. The molecule has 8 nitrogen and oxygen atoms in total. The molecule has 32 heavy (non-hydrogen) atoms. The minimum atomic E-state index is -1.10. The second-order valence-corrected chi connectivity index (χ2v) is 7.60. The van der Waals surface area contributed by atoms with Crippen molar-refractivity contribution < 1.29 is 38.1 Å². The summed E-state index contributed by atoms with van der Waals surface area (Å²) in [7, 11) is 0. The Morgan fingerprint density at radius 1 is 0.812 bits per heavy atom. The first-order chi connectivity index (χ1) is 15.1. The van der Waals surface area contributed by atoms with E-state index in [0.717, 1.165) is 0 Å². The molecule has 0 heterocycles. The number of ketones is 1. The molecule has 2 aromatic rings. The highest BCUT2D eigenvalue weighted by Crippen LogP contribution is 2.30. The zero-order valence-corrected chi connectivity index (χ0v) is 18.7. The van der Waals surface area contributed by atoms with Gasteiger partial charge in [-0.15, -0.1) is 0 Å². The number of hydrogen-bond donors (Lipinski definition) is 0. The molecule has 0 amide bonds. The predicted molar refractivity (Wildman–Crippen MR) is 115 cm³/mol. The fourth-order valence-corrected chi connectivity index (χ4v) is 2.73. The molecule has 0 bridgehead atoms. The molecule has 0 atom stereocenters. The van der Waals surface area contributed by atoms with Crippen LogP contribution in [-0.2, 0) is 14.2 Å². The monoisotopic (exact) mass is 442 g/mol. The highest BCUT2D eigenvalue weighted by Gasteiger charge is 2.29. The summed E-state index contributed by atoms with van der Waals surface area (Å²) in [6, 6.07) is 10.5. The highest BCUT2D eigenvalue weighted by molar-refractivity contribution is 6.17. The number of benzene rings is 2. The van der Waals surface area contributed by atoms with Crippen LogP contribution in [0.5, 0.6) is 5.75 Å². The third-order valence-corrected chi connectivity index (χ3v) is 3.95. The molecule has 0 aromatic heterocycles. The van der Waals surface area contributed by atoms with Crippen molar-refractivity contribution in [2.24, 2.45) is 0 Å². The van der Waals surface area contributed by atoms with E-state index in [2.05, 4.69) is 0 Å². The highest BCUT2D eigenvalue weighted by atomic mass is 16.7. The van der Waals surface area contributed by atoms with Crippen molar-refractivity contribution >= 4 is 23.9 Å². The van der Waals surface area contributed by atoms with E-state index in [-0.39, 0.29) is 41.2 Å². The van der Waals surface area contributed by atoms with Gasteiger partial charge in [-0.05, 0) is 46.8 Å². The second kappa shape index (κ2) is 10.6. The average Bonchev–Trinajstić information content (AvgIpc) is 2.72. The Kier molecular flexibility index (Phi) is 8.12. The third kappa shape index (κ3) is 6.41. The zero-order chi connectivity index (χ0) is 23.9. The van der Waals surface area contributed by atoms with E-state index in [1.54, 1.807) is 65.0 Å². The van der Waals surface area contributed by atoms with Crippen molar-refractivity contribution in [2.75, 3.05) is 13.2 Å². The van der Waals surface area contributed by atoms with E-state index in [1.165, 1.54) is 12.1 Å². The maximum atomic E-state index is 13.3. The maximum Gasteiger partial charge on any atom is 0.514 e. The molecule has 0 radical (unpaired) electrons. The smallest absolute Gasteiger partial charge is 0.462 e. The lowest BCUT2D eigenvalue weighted by molar-refractivity contribution is 0.0201. The Balaban J connectivity index is 2.71. The Morgan fingerprint density at radius 2 is 1.41 bits per heavy atom. The van der Waals surface area contributed by atoms with E-state index >= 15 is 0 Å². The van der Waals surface area contributed by atoms with Crippen LogP contribution in [0.2, 0.25) is 0 Å². The van der Waals surface area contributed by atoms with Crippen molar-refractivity contribution in [2.45, 2.75) is 40.2 Å². The Hall–Kier alpha value is -3.68. The summed E-state index contributed by atoms with van der Waals surface area (Å²) in [4.78, 5) is 50.7. The summed E-state index contributed by atoms with van der Waals surface area (Å²) in [5, 5.41) is 0. The SMILES string of the molecule is CCOC(=O)c1cc(OC(=O)OC(C)(C)C)c(C(=O)c2ccccc2)c(C(=O)OCC)c1. The van der Waals surface area contributed by atoms with Crippen LogP contribution in [-0.4, -0.2) is 42.7 Å². The molecule has 0 fully saturated rings. The summed E-state index contributed by atoms with van der Waals surface area (Å²) in [5.41, 5.74) is -1.17. The van der Waals surface area contributed by atoms with Crippen molar-refractivity contribution in [3.8, 4) is 5.75 Å². The molecule has 0 spiro atoms. The van der Waals surface area contributed by atoms with Crippen LogP contribution in [0.25, 0.3) is 0 Å². The van der Waals surface area contributed by atoms with Gasteiger partial charge in [0.05, 0.1) is 29.9 Å². The lowest BCUT2D eigenvalue weighted by Crippen LogP contribution is -2.27. The topological polar surface area (TPSA) is 105 Å². The summed E-state index contributed by atoms with van der Waals surface area (Å²) >= 11 is 0. The molecule has 0 aliphatic carbocycles. The number of esters is 2. The molecule has 0 unspecified atom stereocenters. The third-order valence-electron chi connectivity index (χ3n) is 3.95. The van der Waals surface area contributed by atoms with Gasteiger partial charge in [0.1, 0.15) is 11.4 Å². The fourth-order valence-electron chi connectivity index (χ4n) is 2.73. The van der Waals surface area contributed by atoms with Crippen molar-refractivity contribution in [1.29, 1.82) is 0 Å². The van der Waals surface area contributed by atoms with Crippen LogP contribution in [0, 0.1) is 0 Å². The quantitative estimate of drug-likeness (QED) is 0.265. The molecule has 0 saturated heterocycles. The first-order valence-corrected chi connectivity index (χ1v) is 10.1. The van der Waals surface area contributed by atoms with Gasteiger partial charge in [-0.2, -0.15) is 0 Å². The fraction of sp³-hybridized carbons (Fsp3) is 0.333. The molecule has 0 saturated carbocycles. The summed E-state index contributed by atoms with van der Waals surface area (Å²) in [6.45, 7) is 8.26. The molecule has 2 rings (SSSR count). The first kappa shape index (κ1) is 24.6. The largest absolute Gasteiger partial charge is 0.514 e. The average molecular weight is 442 g/mol. The van der Waals surface area contributed by atoms with Crippen LogP contribution >= 0.6 is 0 Å². The molecular weight excluding hydrogens is 416 g/mol. The van der Waals surface area contributed by atoms with Crippen molar-refractivity contribution in [1.82, 2.24) is 0 Å². The molecule has 0 aliphatic heterocycles. The molecule has 2 aromatic carbocycles. The van der Waals surface area contributed by atoms with Crippen LogP contribution in [0.1, 0.15) is 71.3 Å². The van der Waals surface area contributed by atoms with Crippen LogP contribution in [0.15, 0.2) is 42.5 Å². The van der Waals surface area contributed by atoms with Gasteiger partial charge in [-0.25, -0.2) is 14.4 Å². The summed E-state index contributed by atoms with van der Waals surface area (Å²) in [5.74, 6) is -2.53. The van der Waals surface area contributed by atoms with Gasteiger partial charge in [0.15, 0.2) is 5.78 Å². The number of rotatable bonds is 7. The maximum absolute atomic E-state index is 13.3. The van der Waals surface area contributed by atoms with Crippen molar-refractivity contribution in [3.63, 3.8) is 0 Å². The molecule has 8 heteroatoms. The Bertz CT molecular complexity index is 1000. The predicted octanol–water partition coefficient (Wildman–Crippen LogP) is 4.58. The molecule has 0 aliphatic rings. The zero-order valence-electron chi connectivity index (χ0n) is 18.7. The van der Waals surface area contributed by atoms with Crippen LogP contribution in [0.4, 0.5) is 4.79 Å². The van der Waals surface area contributed by atoms with Gasteiger partial charge in [0.2, 0.25) is 0 Å². The van der Waals surface area contributed by atoms with Gasteiger partial charge in [-0.3, -0.25) is 4.79 Å². The Labute approximate surface area is 186 Å². The van der Waals surface area contributed by atoms with Crippen LogP contribution in [0.3, 0.4) is 0 Å². The van der Waals surface area contributed by atoms with Gasteiger partial charge in [0.25, 0.3) is 0 Å². The van der Waals surface area contributed by atoms with Crippen LogP contribution < -0.4 is 4.74 Å². The molecule has 170 valence electrons. The molecular formula is C24H26O8. The van der Waals surface area contributed by atoms with Gasteiger partial charge >= 0.3 is 18.1 Å². The van der Waals surface area contributed by atoms with E-state index in [1.807, 2.05) is 0 Å². The van der Waals surface area contributed by atoms with E-state index in [9.17, 15) is 19.2 Å². The summed E-state index contributed by atoms with van der Waals surface area (Å²) in [6.07, 6.45) is -1.10. The van der Waals surface area contributed by atoms with E-state index in [4.69, 9.17) is 18.9 Å². The van der Waals surface area contributed by atoms with Crippen molar-refractivity contribution in [3.05, 3.63) is 64.7 Å². The van der Waals surface area contributed by atoms with E-state index in [0.29, 0.717) is 0 Å². The molecule has 0 N–H and O–H groups in total. The normalized spacial score (nSPS) is 10.8. The van der Waals surface area contributed by atoms with Gasteiger partial charge < -0.3 is 18.9 Å². The number of carbonyl (C=O) groups is 4. The first-order valence-electron chi connectivity index (χ1n) is 10.1. The second-order valence-electron chi connectivity index (χ2n) is 7.60. The summed E-state index contributed by atoms with van der Waals surface area (Å²) < 4.78 is 20.6. The number of carbonyl (C=O) groups excluding carboxylic acids is 4. The van der Waals surface area contributed by atoms with Gasteiger partial charge in [0, 0.05) is 5.56 Å². The minimum absolute atomic E-state index is 0.0314. The van der Waals surface area contributed by atoms with Gasteiger partial charge in [-0.1, -0.05) is 30.3 Å². The minimum Gasteiger partial charge on any atom is -0.462 e. The lowest BCUT2D eigenvalue weighted by Gasteiger charge is -2.20. The van der Waals surface area contributed by atoms with E-state index < -0.39 is 29.5 Å². The number of hydrogen-bond acceptors (Lipinski definition) is 8. The Morgan fingerprint density at radius 3 is 1.97 bits per heavy atom. The number of ether oxygens (including phenoxy) is 4.